The summed E-state index contributed by atoms with van der Waals surface area (Å²) in [4.78, 5) is 21.5. The second kappa shape index (κ2) is 11.8. The minimum atomic E-state index is -0.333. The Morgan fingerprint density at radius 2 is 1.71 bits per heavy atom. The fourth-order valence-corrected chi connectivity index (χ4v) is 4.53. The first-order valence-corrected chi connectivity index (χ1v) is 12.4. The number of hydrogen-bond donors (Lipinski definition) is 0. The van der Waals surface area contributed by atoms with Crippen LogP contribution in [0.25, 0.3) is 0 Å². The maximum absolute atomic E-state index is 12.5. The summed E-state index contributed by atoms with van der Waals surface area (Å²) in [7, 11) is 0. The molecule has 2 aromatic carbocycles. The zero-order valence-electron chi connectivity index (χ0n) is 19.9. The van der Waals surface area contributed by atoms with Crippen LogP contribution < -0.4 is 9.64 Å². The summed E-state index contributed by atoms with van der Waals surface area (Å²) < 4.78 is 11.4. The monoisotopic (exact) mass is 513 g/mol. The number of esters is 1. The molecule has 35 heavy (non-hydrogen) atoms. The molecule has 4 rings (SSSR count). The second-order valence-electron chi connectivity index (χ2n) is 8.73. The van der Waals surface area contributed by atoms with Gasteiger partial charge in [0.1, 0.15) is 23.7 Å². The largest absolute Gasteiger partial charge is 0.489 e. The lowest BCUT2D eigenvalue weighted by molar-refractivity contribution is 0.0378. The van der Waals surface area contributed by atoms with Gasteiger partial charge in [-0.15, -0.1) is 0 Å². The van der Waals surface area contributed by atoms with Crippen molar-refractivity contribution in [3.05, 3.63) is 87.5 Å². The maximum Gasteiger partial charge on any atom is 0.342 e. The summed E-state index contributed by atoms with van der Waals surface area (Å²) in [5, 5.41) is 1.19. The van der Waals surface area contributed by atoms with Gasteiger partial charge in [0.05, 0.1) is 6.10 Å². The second-order valence-corrected chi connectivity index (χ2v) is 9.54. The van der Waals surface area contributed by atoms with Crippen molar-refractivity contribution in [1.29, 1.82) is 0 Å². The molecule has 0 radical (unpaired) electrons. The quantitative estimate of drug-likeness (QED) is 0.352. The number of benzene rings is 2. The van der Waals surface area contributed by atoms with Gasteiger partial charge in [-0.3, -0.25) is 4.90 Å². The van der Waals surface area contributed by atoms with E-state index in [0.717, 1.165) is 44.0 Å². The zero-order valence-corrected chi connectivity index (χ0v) is 21.4. The van der Waals surface area contributed by atoms with Gasteiger partial charge < -0.3 is 14.4 Å². The Morgan fingerprint density at radius 3 is 2.43 bits per heavy atom. The zero-order chi connectivity index (χ0) is 24.8. The van der Waals surface area contributed by atoms with Gasteiger partial charge in [-0.1, -0.05) is 41.4 Å². The molecule has 0 N–H and O–H groups in total. The smallest absolute Gasteiger partial charge is 0.342 e. The van der Waals surface area contributed by atoms with Crippen molar-refractivity contribution >= 4 is 35.0 Å². The Labute approximate surface area is 216 Å². The molecule has 1 aromatic heterocycles. The van der Waals surface area contributed by atoms with Crippen LogP contribution in [0.4, 0.5) is 5.82 Å². The van der Waals surface area contributed by atoms with Gasteiger partial charge in [-0.05, 0) is 55.8 Å². The number of aromatic nitrogens is 1. The lowest BCUT2D eigenvalue weighted by Crippen LogP contribution is -2.46. The number of carbonyl (C=O) groups is 1. The van der Waals surface area contributed by atoms with E-state index in [1.54, 1.807) is 18.3 Å². The van der Waals surface area contributed by atoms with Crippen molar-refractivity contribution in [2.24, 2.45) is 0 Å². The predicted molar refractivity (Wildman–Crippen MR) is 140 cm³/mol. The number of piperazine rings is 1. The van der Waals surface area contributed by atoms with Crippen LogP contribution in [0.1, 0.15) is 35.3 Å². The number of nitrogens with zero attached hydrogens (tertiary/aromatic N) is 3. The molecule has 0 amide bonds. The number of halogens is 2. The molecule has 6 nitrogen and oxygen atoms in total. The van der Waals surface area contributed by atoms with E-state index in [1.807, 2.05) is 44.2 Å². The Hall–Kier alpha value is -2.80. The first-order chi connectivity index (χ1) is 16.9. The van der Waals surface area contributed by atoms with Crippen molar-refractivity contribution in [3.8, 4) is 5.75 Å². The predicted octanol–water partition coefficient (Wildman–Crippen LogP) is 5.85. The van der Waals surface area contributed by atoms with Crippen molar-refractivity contribution in [3.63, 3.8) is 0 Å². The minimum Gasteiger partial charge on any atom is -0.489 e. The summed E-state index contributed by atoms with van der Waals surface area (Å²) in [6.07, 6.45) is 1.55. The van der Waals surface area contributed by atoms with Crippen molar-refractivity contribution in [2.45, 2.75) is 33.1 Å². The number of rotatable bonds is 8. The van der Waals surface area contributed by atoms with Crippen LogP contribution >= 0.6 is 23.2 Å². The third-order valence-electron chi connectivity index (χ3n) is 5.77. The SMILES string of the molecule is CC(C)OC(=O)c1cccnc1N1CCN(Cc2cccc(OCc3c(Cl)cccc3Cl)c2)CC1. The summed E-state index contributed by atoms with van der Waals surface area (Å²) in [5.74, 6) is 1.13. The molecule has 184 valence electrons. The molecular formula is C27H29Cl2N3O3. The highest BCUT2D eigenvalue weighted by atomic mass is 35.5. The average Bonchev–Trinajstić information content (AvgIpc) is 2.84. The standard InChI is InChI=1S/C27H29Cl2N3O3/c1-19(2)35-27(33)22-8-5-11-30-26(22)32-14-12-31(13-15-32)17-20-6-3-7-21(16-20)34-18-23-24(28)9-4-10-25(23)29/h3-11,16,19H,12-15,17-18H2,1-2H3. The van der Waals surface area contributed by atoms with Crippen LogP contribution in [0.2, 0.25) is 10.0 Å². The van der Waals surface area contributed by atoms with E-state index in [1.165, 1.54) is 5.56 Å². The molecule has 0 bridgehead atoms. The van der Waals surface area contributed by atoms with E-state index in [9.17, 15) is 4.79 Å². The Bertz CT molecular complexity index is 1140. The van der Waals surface area contributed by atoms with Crippen LogP contribution in [-0.2, 0) is 17.9 Å². The lowest BCUT2D eigenvalue weighted by atomic mass is 10.1. The molecule has 3 aromatic rings. The fraction of sp³-hybridized carbons (Fsp3) is 0.333. The van der Waals surface area contributed by atoms with E-state index in [2.05, 4.69) is 26.9 Å². The number of carbonyl (C=O) groups excluding carboxylic acids is 1. The van der Waals surface area contributed by atoms with Crippen LogP contribution in [0.3, 0.4) is 0 Å². The highest BCUT2D eigenvalue weighted by Crippen LogP contribution is 2.26. The molecule has 1 aliphatic heterocycles. The van der Waals surface area contributed by atoms with Gasteiger partial charge in [0.25, 0.3) is 0 Å². The molecule has 0 saturated carbocycles. The number of pyridine rings is 1. The van der Waals surface area contributed by atoms with Crippen LogP contribution in [0.5, 0.6) is 5.75 Å². The van der Waals surface area contributed by atoms with E-state index in [4.69, 9.17) is 32.7 Å². The Morgan fingerprint density at radius 1 is 1.00 bits per heavy atom. The molecule has 0 spiro atoms. The Balaban J connectivity index is 1.34. The Kier molecular flexibility index (Phi) is 8.50. The summed E-state index contributed by atoms with van der Waals surface area (Å²) >= 11 is 12.5. The first-order valence-electron chi connectivity index (χ1n) is 11.7. The van der Waals surface area contributed by atoms with Gasteiger partial charge in [0, 0.05) is 54.5 Å². The molecule has 1 saturated heterocycles. The van der Waals surface area contributed by atoms with Gasteiger partial charge in [0.2, 0.25) is 0 Å². The van der Waals surface area contributed by atoms with Crippen molar-refractivity contribution in [1.82, 2.24) is 9.88 Å². The van der Waals surface area contributed by atoms with Crippen LogP contribution in [0.15, 0.2) is 60.8 Å². The lowest BCUT2D eigenvalue weighted by Gasteiger charge is -2.36. The number of ether oxygens (including phenoxy) is 2. The fourth-order valence-electron chi connectivity index (χ4n) is 4.02. The van der Waals surface area contributed by atoms with E-state index in [-0.39, 0.29) is 12.1 Å². The normalized spacial score (nSPS) is 14.3. The summed E-state index contributed by atoms with van der Waals surface area (Å²) in [6.45, 7) is 8.08. The van der Waals surface area contributed by atoms with E-state index < -0.39 is 0 Å². The van der Waals surface area contributed by atoms with Crippen LogP contribution in [0, 0.1) is 0 Å². The molecule has 1 fully saturated rings. The molecule has 2 heterocycles. The molecule has 0 unspecified atom stereocenters. The van der Waals surface area contributed by atoms with Gasteiger partial charge in [-0.25, -0.2) is 9.78 Å². The molecule has 0 atom stereocenters. The number of hydrogen-bond acceptors (Lipinski definition) is 6. The number of anilines is 1. The van der Waals surface area contributed by atoms with Crippen molar-refractivity contribution < 1.29 is 14.3 Å². The summed E-state index contributed by atoms with van der Waals surface area (Å²) in [6, 6.07) is 17.1. The summed E-state index contributed by atoms with van der Waals surface area (Å²) in [5.41, 5.74) is 2.46. The van der Waals surface area contributed by atoms with E-state index >= 15 is 0 Å². The third-order valence-corrected chi connectivity index (χ3v) is 6.48. The molecule has 1 aliphatic rings. The van der Waals surface area contributed by atoms with Gasteiger partial charge in [-0.2, -0.15) is 0 Å². The molecular weight excluding hydrogens is 485 g/mol. The van der Waals surface area contributed by atoms with Gasteiger partial charge >= 0.3 is 5.97 Å². The van der Waals surface area contributed by atoms with E-state index in [0.29, 0.717) is 28.0 Å². The molecule has 8 heteroatoms. The van der Waals surface area contributed by atoms with Gasteiger partial charge in [0.15, 0.2) is 0 Å². The molecule has 0 aliphatic carbocycles. The average molecular weight is 514 g/mol. The first kappa shape index (κ1) is 25.3. The highest BCUT2D eigenvalue weighted by molar-refractivity contribution is 6.35. The highest BCUT2D eigenvalue weighted by Gasteiger charge is 2.24. The van der Waals surface area contributed by atoms with Crippen molar-refractivity contribution in [2.75, 3.05) is 31.1 Å². The minimum absolute atomic E-state index is 0.172. The topological polar surface area (TPSA) is 54.9 Å². The maximum atomic E-state index is 12.5. The third kappa shape index (κ3) is 6.66. The van der Waals surface area contributed by atoms with Crippen LogP contribution in [-0.4, -0.2) is 48.1 Å².